The zero-order valence-electron chi connectivity index (χ0n) is 16.5. The van der Waals surface area contributed by atoms with Crippen LogP contribution in [0, 0.1) is 0 Å². The summed E-state index contributed by atoms with van der Waals surface area (Å²) in [5.74, 6) is -1.29. The van der Waals surface area contributed by atoms with Crippen LogP contribution in [-0.4, -0.2) is 41.2 Å². The number of hydrogen-bond donors (Lipinski definition) is 2. The average molecular weight is 408 g/mol. The molecule has 30 heavy (non-hydrogen) atoms. The molecule has 3 aromatic rings. The van der Waals surface area contributed by atoms with Crippen molar-refractivity contribution >= 4 is 34.2 Å². The van der Waals surface area contributed by atoms with Crippen molar-refractivity contribution in [3.8, 4) is 0 Å². The molecule has 1 aromatic heterocycles. The topological polar surface area (TPSA) is 119 Å². The smallest absolute Gasteiger partial charge is 0.325 e. The van der Waals surface area contributed by atoms with Crippen molar-refractivity contribution in [2.45, 2.75) is 6.42 Å². The van der Waals surface area contributed by atoms with E-state index in [2.05, 4.69) is 20.5 Å². The van der Waals surface area contributed by atoms with Gasteiger partial charge in [-0.1, -0.05) is 18.2 Å². The van der Waals surface area contributed by atoms with E-state index in [9.17, 15) is 19.2 Å². The van der Waals surface area contributed by atoms with E-state index in [4.69, 9.17) is 0 Å². The Hall–Kier alpha value is -4.01. The summed E-state index contributed by atoms with van der Waals surface area (Å²) in [7, 11) is 2.78. The average Bonchev–Trinajstić information content (AvgIpc) is 2.75. The number of nitrogens with zero attached hydrogens (tertiary/aromatic N) is 2. The summed E-state index contributed by atoms with van der Waals surface area (Å²) in [6.45, 7) is -0.228. The van der Waals surface area contributed by atoms with Crippen LogP contribution in [0.2, 0.25) is 0 Å². The Kier molecular flexibility index (Phi) is 6.21. The normalized spacial score (nSPS) is 10.5. The highest BCUT2D eigenvalue weighted by Gasteiger charge is 2.13. The minimum atomic E-state index is -0.549. The molecule has 0 radical (unpaired) electrons. The van der Waals surface area contributed by atoms with Crippen molar-refractivity contribution in [1.29, 1.82) is 0 Å². The van der Waals surface area contributed by atoms with Gasteiger partial charge in [0.15, 0.2) is 0 Å². The highest BCUT2D eigenvalue weighted by atomic mass is 16.5. The summed E-state index contributed by atoms with van der Waals surface area (Å²) in [5, 5.41) is 10.5. The Morgan fingerprint density at radius 1 is 1.03 bits per heavy atom. The van der Waals surface area contributed by atoms with Crippen molar-refractivity contribution in [3.05, 3.63) is 70.1 Å². The van der Waals surface area contributed by atoms with Crippen LogP contribution < -0.4 is 16.2 Å². The first-order chi connectivity index (χ1) is 14.4. The number of aryl methyl sites for hydroxylation is 1. The molecule has 154 valence electrons. The lowest BCUT2D eigenvalue weighted by Crippen LogP contribution is -2.30. The van der Waals surface area contributed by atoms with Crippen LogP contribution >= 0.6 is 0 Å². The summed E-state index contributed by atoms with van der Waals surface area (Å²) in [6, 6.07) is 13.2. The SMILES string of the molecule is COC(=O)CNC(=O)c1ccc(NC(=O)Cc2nn(C)c(=O)c3ccccc23)cc1. The van der Waals surface area contributed by atoms with E-state index in [0.29, 0.717) is 27.7 Å². The number of fused-ring (bicyclic) bond motifs is 1. The molecule has 2 aromatic carbocycles. The zero-order valence-corrected chi connectivity index (χ0v) is 16.5. The zero-order chi connectivity index (χ0) is 21.7. The first-order valence-electron chi connectivity index (χ1n) is 9.09. The Morgan fingerprint density at radius 3 is 2.37 bits per heavy atom. The molecule has 0 bridgehead atoms. The van der Waals surface area contributed by atoms with Crippen LogP contribution in [0.4, 0.5) is 5.69 Å². The number of aromatic nitrogens is 2. The van der Waals surface area contributed by atoms with Gasteiger partial charge in [0.2, 0.25) is 5.91 Å². The molecule has 0 unspecified atom stereocenters. The fraction of sp³-hybridized carbons (Fsp3) is 0.190. The molecule has 0 aliphatic carbocycles. The van der Waals surface area contributed by atoms with Crippen LogP contribution in [0.15, 0.2) is 53.3 Å². The number of methoxy groups -OCH3 is 1. The van der Waals surface area contributed by atoms with Crippen molar-refractivity contribution < 1.29 is 19.1 Å². The van der Waals surface area contributed by atoms with Crippen molar-refractivity contribution in [1.82, 2.24) is 15.1 Å². The van der Waals surface area contributed by atoms with Gasteiger partial charge in [0, 0.05) is 23.7 Å². The summed E-state index contributed by atoms with van der Waals surface area (Å²) >= 11 is 0. The van der Waals surface area contributed by atoms with Crippen molar-refractivity contribution in [2.24, 2.45) is 7.05 Å². The Balaban J connectivity index is 1.68. The Bertz CT molecular complexity index is 1170. The van der Waals surface area contributed by atoms with E-state index in [1.165, 1.54) is 23.9 Å². The number of hydrogen-bond acceptors (Lipinski definition) is 6. The Labute approximate surface area is 171 Å². The number of amides is 2. The van der Waals surface area contributed by atoms with Gasteiger partial charge in [-0.05, 0) is 30.3 Å². The lowest BCUT2D eigenvalue weighted by atomic mass is 10.1. The number of rotatable bonds is 6. The molecule has 0 saturated carbocycles. The number of anilines is 1. The molecule has 0 aliphatic rings. The van der Waals surface area contributed by atoms with Crippen LogP contribution in [0.3, 0.4) is 0 Å². The van der Waals surface area contributed by atoms with Gasteiger partial charge in [0.25, 0.3) is 11.5 Å². The number of ether oxygens (including phenoxy) is 1. The molecular formula is C21H20N4O5. The molecule has 0 fully saturated rings. The van der Waals surface area contributed by atoms with E-state index in [1.807, 2.05) is 0 Å². The number of esters is 1. The van der Waals surface area contributed by atoms with Gasteiger partial charge in [-0.15, -0.1) is 0 Å². The molecule has 2 N–H and O–H groups in total. The molecule has 0 atom stereocenters. The van der Waals surface area contributed by atoms with Gasteiger partial charge in [0.1, 0.15) is 6.54 Å². The summed E-state index contributed by atoms with van der Waals surface area (Å²) in [6.07, 6.45) is -0.0179. The van der Waals surface area contributed by atoms with Crippen LogP contribution in [0.5, 0.6) is 0 Å². The van der Waals surface area contributed by atoms with Gasteiger partial charge in [0.05, 0.1) is 24.6 Å². The molecule has 0 saturated heterocycles. The number of carbonyl (C=O) groups excluding carboxylic acids is 3. The van der Waals surface area contributed by atoms with Crippen molar-refractivity contribution in [3.63, 3.8) is 0 Å². The van der Waals surface area contributed by atoms with Crippen molar-refractivity contribution in [2.75, 3.05) is 19.0 Å². The fourth-order valence-corrected chi connectivity index (χ4v) is 2.90. The first-order valence-corrected chi connectivity index (χ1v) is 9.09. The van der Waals surface area contributed by atoms with E-state index < -0.39 is 11.9 Å². The Morgan fingerprint density at radius 2 is 1.70 bits per heavy atom. The van der Waals surface area contributed by atoms with E-state index in [-0.39, 0.29) is 24.4 Å². The maximum atomic E-state index is 12.5. The number of carbonyl (C=O) groups is 3. The van der Waals surface area contributed by atoms with Crippen LogP contribution in [-0.2, 0) is 27.8 Å². The van der Waals surface area contributed by atoms with E-state index >= 15 is 0 Å². The highest BCUT2D eigenvalue weighted by molar-refractivity contribution is 5.98. The molecule has 0 spiro atoms. The van der Waals surface area contributed by atoms with Gasteiger partial charge < -0.3 is 15.4 Å². The van der Waals surface area contributed by atoms with Gasteiger partial charge in [-0.3, -0.25) is 19.2 Å². The summed E-state index contributed by atoms with van der Waals surface area (Å²) in [4.78, 5) is 47.7. The molecule has 9 nitrogen and oxygen atoms in total. The molecule has 0 aliphatic heterocycles. The predicted octanol–water partition coefficient (Wildman–Crippen LogP) is 1.02. The van der Waals surface area contributed by atoms with Crippen LogP contribution in [0.25, 0.3) is 10.8 Å². The molecular weight excluding hydrogens is 388 g/mol. The quantitative estimate of drug-likeness (QED) is 0.588. The summed E-state index contributed by atoms with van der Waals surface area (Å²) in [5.41, 5.74) is 1.10. The third-order valence-corrected chi connectivity index (χ3v) is 4.41. The number of nitrogens with one attached hydrogen (secondary N) is 2. The van der Waals surface area contributed by atoms with Gasteiger partial charge in [-0.25, -0.2) is 4.68 Å². The highest BCUT2D eigenvalue weighted by Crippen LogP contribution is 2.15. The second kappa shape index (κ2) is 8.99. The first kappa shape index (κ1) is 20.7. The molecule has 3 rings (SSSR count). The molecule has 9 heteroatoms. The van der Waals surface area contributed by atoms with E-state index in [1.54, 1.807) is 43.4 Å². The van der Waals surface area contributed by atoms with E-state index in [0.717, 1.165) is 0 Å². The third-order valence-electron chi connectivity index (χ3n) is 4.41. The maximum Gasteiger partial charge on any atom is 0.325 e. The van der Waals surface area contributed by atoms with Gasteiger partial charge >= 0.3 is 5.97 Å². The lowest BCUT2D eigenvalue weighted by Gasteiger charge is -2.09. The second-order valence-corrected chi connectivity index (χ2v) is 6.48. The lowest BCUT2D eigenvalue weighted by molar-refractivity contribution is -0.139. The minimum absolute atomic E-state index is 0.0179. The van der Waals surface area contributed by atoms with Gasteiger partial charge in [-0.2, -0.15) is 5.10 Å². The van der Waals surface area contributed by atoms with Crippen LogP contribution in [0.1, 0.15) is 16.1 Å². The summed E-state index contributed by atoms with van der Waals surface area (Å²) < 4.78 is 5.68. The predicted molar refractivity (Wildman–Crippen MR) is 110 cm³/mol. The standard InChI is InChI=1S/C21H20N4O5/c1-25-21(29)16-6-4-3-5-15(16)17(24-25)11-18(26)23-14-9-7-13(8-10-14)20(28)22-12-19(27)30-2/h3-10H,11-12H2,1-2H3,(H,22,28)(H,23,26). The monoisotopic (exact) mass is 408 g/mol. The largest absolute Gasteiger partial charge is 0.468 e. The molecule has 2 amide bonds. The maximum absolute atomic E-state index is 12.5. The minimum Gasteiger partial charge on any atom is -0.468 e. The fourth-order valence-electron chi connectivity index (χ4n) is 2.90. The third kappa shape index (κ3) is 4.69. The second-order valence-electron chi connectivity index (χ2n) is 6.48. The molecule has 1 heterocycles. The number of benzene rings is 2.